The van der Waals surface area contributed by atoms with Crippen molar-refractivity contribution in [1.82, 2.24) is 10.2 Å². The first-order chi connectivity index (χ1) is 10.7. The molecule has 2 aliphatic rings. The molecule has 1 aromatic rings. The van der Waals surface area contributed by atoms with Gasteiger partial charge in [-0.15, -0.1) is 12.4 Å². The lowest BCUT2D eigenvalue weighted by molar-refractivity contribution is -0.117. The molecule has 0 atom stereocenters. The molecule has 1 aromatic carbocycles. The molecule has 2 amide bonds. The van der Waals surface area contributed by atoms with Crippen LogP contribution in [-0.2, 0) is 4.79 Å². The summed E-state index contributed by atoms with van der Waals surface area (Å²) in [6.45, 7) is 2.68. The summed E-state index contributed by atoms with van der Waals surface area (Å²) in [4.78, 5) is 28.2. The van der Waals surface area contributed by atoms with Gasteiger partial charge in [0.2, 0.25) is 5.91 Å². The number of carbonyl (C=O) groups is 2. The van der Waals surface area contributed by atoms with E-state index in [2.05, 4.69) is 5.32 Å². The van der Waals surface area contributed by atoms with Gasteiger partial charge in [0.1, 0.15) is 0 Å². The van der Waals surface area contributed by atoms with E-state index >= 15 is 0 Å². The Morgan fingerprint density at radius 3 is 2.70 bits per heavy atom. The zero-order valence-electron chi connectivity index (χ0n) is 13.5. The summed E-state index contributed by atoms with van der Waals surface area (Å²) in [6.07, 6.45) is 3.48. The summed E-state index contributed by atoms with van der Waals surface area (Å²) in [6, 6.07) is 7.76. The molecule has 23 heavy (non-hydrogen) atoms. The smallest absolute Gasteiger partial charge is 0.253 e. The van der Waals surface area contributed by atoms with Crippen LogP contribution in [0.15, 0.2) is 24.3 Å². The Bertz CT molecular complexity index is 573. The number of rotatable bonds is 3. The second-order valence-electron chi connectivity index (χ2n) is 6.10. The zero-order valence-corrected chi connectivity index (χ0v) is 14.3. The molecular weight excluding hydrogens is 314 g/mol. The Hall–Kier alpha value is -1.59. The Morgan fingerprint density at radius 2 is 2.04 bits per heavy atom. The van der Waals surface area contributed by atoms with Gasteiger partial charge in [-0.1, -0.05) is 6.07 Å². The van der Waals surface area contributed by atoms with Crippen LogP contribution in [0.1, 0.15) is 36.0 Å². The standard InChI is InChI=1S/C17H23N3O2.ClH/c1-19(14-7-9-18-10-8-14)17(22)13-4-2-5-15(12-13)20-11-3-6-16(20)21;/h2,4-5,12,14,18H,3,6-11H2,1H3;1H. The maximum absolute atomic E-state index is 12.7. The van der Waals surface area contributed by atoms with Gasteiger partial charge in [-0.2, -0.15) is 0 Å². The van der Waals surface area contributed by atoms with Crippen molar-refractivity contribution in [3.05, 3.63) is 29.8 Å². The van der Waals surface area contributed by atoms with Crippen molar-refractivity contribution in [2.75, 3.05) is 31.6 Å². The number of hydrogen-bond acceptors (Lipinski definition) is 3. The number of nitrogens with one attached hydrogen (secondary N) is 1. The van der Waals surface area contributed by atoms with E-state index in [9.17, 15) is 9.59 Å². The van der Waals surface area contributed by atoms with E-state index in [1.54, 1.807) is 4.90 Å². The second-order valence-corrected chi connectivity index (χ2v) is 6.10. The summed E-state index contributed by atoms with van der Waals surface area (Å²) in [5.74, 6) is 0.191. The topological polar surface area (TPSA) is 52.7 Å². The normalized spacial score (nSPS) is 18.7. The van der Waals surface area contributed by atoms with Crippen LogP contribution < -0.4 is 10.2 Å². The summed E-state index contributed by atoms with van der Waals surface area (Å²) in [5.41, 5.74) is 1.50. The van der Waals surface area contributed by atoms with Crippen LogP contribution in [0.3, 0.4) is 0 Å². The molecule has 0 bridgehead atoms. The minimum Gasteiger partial charge on any atom is -0.339 e. The molecule has 0 aromatic heterocycles. The number of carbonyl (C=O) groups excluding carboxylic acids is 2. The minimum atomic E-state index is 0. The van der Waals surface area contributed by atoms with E-state index < -0.39 is 0 Å². The van der Waals surface area contributed by atoms with E-state index in [4.69, 9.17) is 0 Å². The molecule has 2 heterocycles. The van der Waals surface area contributed by atoms with Gasteiger partial charge in [-0.05, 0) is 50.6 Å². The molecule has 6 heteroatoms. The number of piperidine rings is 1. The van der Waals surface area contributed by atoms with Crippen LogP contribution in [-0.4, -0.2) is 49.4 Å². The van der Waals surface area contributed by atoms with Crippen LogP contribution in [0.5, 0.6) is 0 Å². The Balaban J connectivity index is 0.00000192. The van der Waals surface area contributed by atoms with Crippen LogP contribution in [0, 0.1) is 0 Å². The third kappa shape index (κ3) is 3.85. The molecule has 0 unspecified atom stereocenters. The lowest BCUT2D eigenvalue weighted by atomic mass is 10.0. The lowest BCUT2D eigenvalue weighted by Crippen LogP contribution is -2.44. The van der Waals surface area contributed by atoms with Crippen LogP contribution >= 0.6 is 12.4 Å². The largest absolute Gasteiger partial charge is 0.339 e. The predicted octanol–water partition coefficient (Wildman–Crippen LogP) is 2.06. The number of nitrogens with zero attached hydrogens (tertiary/aromatic N) is 2. The maximum Gasteiger partial charge on any atom is 0.253 e. The average molecular weight is 338 g/mol. The second kappa shape index (κ2) is 7.79. The van der Waals surface area contributed by atoms with Crippen LogP contribution in [0.2, 0.25) is 0 Å². The number of anilines is 1. The van der Waals surface area contributed by atoms with Crippen molar-refractivity contribution >= 4 is 29.9 Å². The van der Waals surface area contributed by atoms with E-state index in [1.807, 2.05) is 36.2 Å². The first-order valence-electron chi connectivity index (χ1n) is 8.05. The number of amides is 2. The molecule has 3 rings (SSSR count). The summed E-state index contributed by atoms with van der Waals surface area (Å²) in [5, 5.41) is 3.32. The molecule has 2 aliphatic heterocycles. The quantitative estimate of drug-likeness (QED) is 0.918. The van der Waals surface area contributed by atoms with E-state index in [0.29, 0.717) is 18.0 Å². The molecule has 0 radical (unpaired) electrons. The molecule has 5 nitrogen and oxygen atoms in total. The van der Waals surface area contributed by atoms with Crippen molar-refractivity contribution in [2.24, 2.45) is 0 Å². The van der Waals surface area contributed by atoms with Gasteiger partial charge >= 0.3 is 0 Å². The fraction of sp³-hybridized carbons (Fsp3) is 0.529. The highest BCUT2D eigenvalue weighted by atomic mass is 35.5. The third-order valence-electron chi connectivity index (χ3n) is 4.65. The highest BCUT2D eigenvalue weighted by molar-refractivity contribution is 5.99. The summed E-state index contributed by atoms with van der Waals surface area (Å²) >= 11 is 0. The monoisotopic (exact) mass is 337 g/mol. The van der Waals surface area contributed by atoms with Gasteiger partial charge < -0.3 is 15.1 Å². The van der Waals surface area contributed by atoms with Crippen molar-refractivity contribution in [2.45, 2.75) is 31.7 Å². The average Bonchev–Trinajstić information content (AvgIpc) is 3.00. The molecule has 126 valence electrons. The fourth-order valence-electron chi connectivity index (χ4n) is 3.29. The van der Waals surface area contributed by atoms with Gasteiger partial charge in [0.25, 0.3) is 5.91 Å². The molecule has 0 aliphatic carbocycles. The Kier molecular flexibility index (Phi) is 6.02. The summed E-state index contributed by atoms with van der Waals surface area (Å²) in [7, 11) is 1.88. The molecule has 2 fully saturated rings. The van der Waals surface area contributed by atoms with Crippen LogP contribution in [0.25, 0.3) is 0 Å². The molecular formula is C17H24ClN3O2. The third-order valence-corrected chi connectivity index (χ3v) is 4.65. The molecule has 0 spiro atoms. The number of benzene rings is 1. The highest BCUT2D eigenvalue weighted by Crippen LogP contribution is 2.23. The van der Waals surface area contributed by atoms with E-state index in [0.717, 1.165) is 44.6 Å². The number of halogens is 1. The van der Waals surface area contributed by atoms with Gasteiger partial charge in [0, 0.05) is 37.3 Å². The zero-order chi connectivity index (χ0) is 15.5. The van der Waals surface area contributed by atoms with Gasteiger partial charge in [-0.3, -0.25) is 9.59 Å². The van der Waals surface area contributed by atoms with Gasteiger partial charge in [-0.25, -0.2) is 0 Å². The van der Waals surface area contributed by atoms with Crippen molar-refractivity contribution < 1.29 is 9.59 Å². The van der Waals surface area contributed by atoms with E-state index in [-0.39, 0.29) is 24.2 Å². The Labute approximate surface area is 143 Å². The summed E-state index contributed by atoms with van der Waals surface area (Å²) < 4.78 is 0. The van der Waals surface area contributed by atoms with Gasteiger partial charge in [0.05, 0.1) is 0 Å². The van der Waals surface area contributed by atoms with Crippen LogP contribution in [0.4, 0.5) is 5.69 Å². The van der Waals surface area contributed by atoms with Crippen molar-refractivity contribution in [1.29, 1.82) is 0 Å². The first kappa shape index (κ1) is 17.8. The maximum atomic E-state index is 12.7. The first-order valence-corrected chi connectivity index (χ1v) is 8.05. The molecule has 1 N–H and O–H groups in total. The lowest BCUT2D eigenvalue weighted by Gasteiger charge is -2.32. The molecule has 2 saturated heterocycles. The molecule has 0 saturated carbocycles. The highest BCUT2D eigenvalue weighted by Gasteiger charge is 2.25. The Morgan fingerprint density at radius 1 is 1.30 bits per heavy atom. The minimum absolute atomic E-state index is 0. The van der Waals surface area contributed by atoms with Crippen molar-refractivity contribution in [3.63, 3.8) is 0 Å². The fourth-order valence-corrected chi connectivity index (χ4v) is 3.29. The van der Waals surface area contributed by atoms with Crippen molar-refractivity contribution in [3.8, 4) is 0 Å². The SMILES string of the molecule is CN(C(=O)c1cccc(N2CCCC2=O)c1)C1CCNCC1.Cl. The van der Waals surface area contributed by atoms with Gasteiger partial charge in [0.15, 0.2) is 0 Å². The van der Waals surface area contributed by atoms with E-state index in [1.165, 1.54) is 0 Å². The predicted molar refractivity (Wildman–Crippen MR) is 93.3 cm³/mol. The number of hydrogen-bond donors (Lipinski definition) is 1.